The van der Waals surface area contributed by atoms with Crippen LogP contribution in [0.25, 0.3) is 0 Å². The number of nitrogens with one attached hydrogen (secondary N) is 1. The van der Waals surface area contributed by atoms with Crippen molar-refractivity contribution < 1.29 is 32.2 Å². The van der Waals surface area contributed by atoms with Crippen molar-refractivity contribution in [3.63, 3.8) is 0 Å². The smallest absolute Gasteiger partial charge is 0.467 e. The summed E-state index contributed by atoms with van der Waals surface area (Å²) in [5.41, 5.74) is 0.841. The quantitative estimate of drug-likeness (QED) is 0.501. The van der Waals surface area contributed by atoms with Gasteiger partial charge in [0.15, 0.2) is 0 Å². The van der Waals surface area contributed by atoms with Gasteiger partial charge in [-0.1, -0.05) is 12.1 Å². The first kappa shape index (κ1) is 25.4. The lowest BCUT2D eigenvalue weighted by molar-refractivity contribution is -0.274. The van der Waals surface area contributed by atoms with Crippen molar-refractivity contribution in [2.24, 2.45) is 0 Å². The summed E-state index contributed by atoms with van der Waals surface area (Å²) in [6.07, 6.45) is -0.984. The average molecular weight is 483 g/mol. The summed E-state index contributed by atoms with van der Waals surface area (Å²) < 4.78 is 51.2. The number of hydrogen-bond acceptors (Lipinski definition) is 8. The third kappa shape index (κ3) is 7.67. The molecule has 2 heterocycles. The molecule has 0 amide bonds. The number of halogens is 3. The highest BCUT2D eigenvalue weighted by Gasteiger charge is 2.31. The number of carbonyl (C=O) groups excluding carboxylic acids is 1. The van der Waals surface area contributed by atoms with Crippen molar-refractivity contribution in [3.05, 3.63) is 35.9 Å². The van der Waals surface area contributed by atoms with Crippen molar-refractivity contribution in [3.8, 4) is 11.8 Å². The van der Waals surface area contributed by atoms with Gasteiger partial charge in [-0.3, -0.25) is 4.79 Å². The van der Waals surface area contributed by atoms with E-state index >= 15 is 0 Å². The Bertz CT molecular complexity index is 941. The molecule has 186 valence electrons. The van der Waals surface area contributed by atoms with Crippen LogP contribution in [-0.2, 0) is 16.0 Å². The number of hydrogen-bond donors (Lipinski definition) is 1. The second-order valence-electron chi connectivity index (χ2n) is 7.82. The number of ether oxygens (including phenoxy) is 3. The maximum atomic E-state index is 12.3. The molecule has 0 spiro atoms. The Morgan fingerprint density at radius 2 is 1.97 bits per heavy atom. The zero-order valence-electron chi connectivity index (χ0n) is 19.2. The number of anilines is 2. The molecule has 1 N–H and O–H groups in total. The molecule has 1 fully saturated rings. The van der Waals surface area contributed by atoms with Crippen LogP contribution >= 0.6 is 0 Å². The summed E-state index contributed by atoms with van der Waals surface area (Å²) in [4.78, 5) is 23.0. The first-order valence-electron chi connectivity index (χ1n) is 11.2. The summed E-state index contributed by atoms with van der Waals surface area (Å²) in [6, 6.07) is 7.74. The molecule has 8 nitrogen and oxygen atoms in total. The summed E-state index contributed by atoms with van der Waals surface area (Å²) in [5.74, 6) is 0.732. The van der Waals surface area contributed by atoms with E-state index in [0.29, 0.717) is 31.2 Å². The van der Waals surface area contributed by atoms with Gasteiger partial charge in [0.05, 0.1) is 20.1 Å². The fraction of sp³-hybridized carbons (Fsp3) is 0.522. The minimum absolute atomic E-state index is 0.0160. The van der Waals surface area contributed by atoms with E-state index in [1.807, 2.05) is 6.07 Å². The molecular weight excluding hydrogens is 453 g/mol. The van der Waals surface area contributed by atoms with Crippen LogP contribution in [0.3, 0.4) is 0 Å². The van der Waals surface area contributed by atoms with E-state index in [1.165, 1.54) is 19.2 Å². The van der Waals surface area contributed by atoms with Gasteiger partial charge < -0.3 is 24.4 Å². The summed E-state index contributed by atoms with van der Waals surface area (Å²) in [5, 5.41) is 3.22. The lowest BCUT2D eigenvalue weighted by atomic mass is 9.99. The normalized spacial score (nSPS) is 16.1. The van der Waals surface area contributed by atoms with E-state index in [-0.39, 0.29) is 30.2 Å². The number of carbonyl (C=O) groups is 1. The van der Waals surface area contributed by atoms with E-state index in [9.17, 15) is 18.0 Å². The number of nitrogens with zero attached hydrogens (tertiary/aromatic N) is 3. The molecule has 1 aromatic heterocycles. The van der Waals surface area contributed by atoms with Crippen LogP contribution in [0, 0.1) is 0 Å². The van der Waals surface area contributed by atoms with Gasteiger partial charge in [0.1, 0.15) is 17.4 Å². The van der Waals surface area contributed by atoms with Crippen molar-refractivity contribution in [2.75, 3.05) is 37.0 Å². The van der Waals surface area contributed by atoms with Crippen LogP contribution in [0.4, 0.5) is 24.8 Å². The monoisotopic (exact) mass is 482 g/mol. The van der Waals surface area contributed by atoms with Gasteiger partial charge >= 0.3 is 18.3 Å². The second-order valence-corrected chi connectivity index (χ2v) is 7.82. The molecule has 0 aliphatic carbocycles. The molecule has 1 unspecified atom stereocenters. The molecule has 0 bridgehead atoms. The summed E-state index contributed by atoms with van der Waals surface area (Å²) in [6.45, 7) is 3.38. The zero-order chi connectivity index (χ0) is 24.6. The van der Waals surface area contributed by atoms with Crippen molar-refractivity contribution >= 4 is 17.6 Å². The average Bonchev–Trinajstić information content (AvgIpc) is 2.79. The van der Waals surface area contributed by atoms with E-state index in [2.05, 4.69) is 24.9 Å². The molecule has 11 heteroatoms. The predicted octanol–water partition coefficient (Wildman–Crippen LogP) is 4.35. The molecule has 2 aromatic rings. The molecule has 1 atom stereocenters. The Morgan fingerprint density at radius 1 is 1.21 bits per heavy atom. The van der Waals surface area contributed by atoms with Gasteiger partial charge in [-0.25, -0.2) is 0 Å². The first-order chi connectivity index (χ1) is 16.3. The SMILES string of the molecule is CCOC(=O)CC1CCCCN1c1cc(NCCc2ccc(OC(F)(F)F)cc2)nc(OC)n1. The number of alkyl halides is 3. The fourth-order valence-corrected chi connectivity index (χ4v) is 3.86. The summed E-state index contributed by atoms with van der Waals surface area (Å²) in [7, 11) is 1.49. The van der Waals surface area contributed by atoms with Gasteiger partial charge in [0.25, 0.3) is 0 Å². The topological polar surface area (TPSA) is 85.8 Å². The highest BCUT2D eigenvalue weighted by molar-refractivity contribution is 5.71. The third-order valence-corrected chi connectivity index (χ3v) is 5.38. The molecule has 1 aliphatic rings. The van der Waals surface area contributed by atoms with Crippen LogP contribution in [0.2, 0.25) is 0 Å². The lowest BCUT2D eigenvalue weighted by Gasteiger charge is -2.36. The second kappa shape index (κ2) is 11.8. The van der Waals surface area contributed by atoms with Crippen molar-refractivity contribution in [1.29, 1.82) is 0 Å². The zero-order valence-corrected chi connectivity index (χ0v) is 19.2. The molecule has 1 aromatic carbocycles. The Balaban J connectivity index is 1.64. The van der Waals surface area contributed by atoms with Crippen molar-refractivity contribution in [1.82, 2.24) is 9.97 Å². The summed E-state index contributed by atoms with van der Waals surface area (Å²) >= 11 is 0. The maximum Gasteiger partial charge on any atom is 0.573 e. The molecule has 1 saturated heterocycles. The minimum Gasteiger partial charge on any atom is -0.467 e. The number of esters is 1. The molecular formula is C23H29F3N4O4. The highest BCUT2D eigenvalue weighted by atomic mass is 19.4. The lowest BCUT2D eigenvalue weighted by Crippen LogP contribution is -2.41. The van der Waals surface area contributed by atoms with Crippen LogP contribution < -0.4 is 19.7 Å². The Hall–Kier alpha value is -3.24. The van der Waals surface area contributed by atoms with E-state index in [4.69, 9.17) is 9.47 Å². The predicted molar refractivity (Wildman–Crippen MR) is 120 cm³/mol. The van der Waals surface area contributed by atoms with E-state index in [0.717, 1.165) is 31.4 Å². The third-order valence-electron chi connectivity index (χ3n) is 5.38. The molecule has 0 radical (unpaired) electrons. The van der Waals surface area contributed by atoms with Gasteiger partial charge in [0, 0.05) is 25.2 Å². The molecule has 0 saturated carbocycles. The largest absolute Gasteiger partial charge is 0.573 e. The van der Waals surface area contributed by atoms with Crippen molar-refractivity contribution in [2.45, 2.75) is 51.4 Å². The maximum absolute atomic E-state index is 12.3. The van der Waals surface area contributed by atoms with Crippen LogP contribution in [0.5, 0.6) is 11.8 Å². The van der Waals surface area contributed by atoms with Crippen LogP contribution in [-0.4, -0.2) is 55.1 Å². The minimum atomic E-state index is -4.71. The van der Waals surface area contributed by atoms with Crippen LogP contribution in [0.1, 0.15) is 38.2 Å². The van der Waals surface area contributed by atoms with Gasteiger partial charge in [0.2, 0.25) is 0 Å². The Morgan fingerprint density at radius 3 is 2.65 bits per heavy atom. The van der Waals surface area contributed by atoms with Gasteiger partial charge in [-0.05, 0) is 50.3 Å². The number of piperidine rings is 1. The van der Waals surface area contributed by atoms with E-state index < -0.39 is 6.36 Å². The number of aromatic nitrogens is 2. The number of benzene rings is 1. The van der Waals surface area contributed by atoms with Gasteiger partial charge in [-0.15, -0.1) is 13.2 Å². The standard InChI is InChI=1S/C23H29F3N4O4/c1-3-33-21(31)14-17-6-4-5-13-30(17)20-15-19(28-22(29-20)32-2)27-12-11-16-7-9-18(10-8-16)34-23(24,25)26/h7-10,15,17H,3-6,11-14H2,1-2H3,(H,27,28,29). The highest BCUT2D eigenvalue weighted by Crippen LogP contribution is 2.28. The first-order valence-corrected chi connectivity index (χ1v) is 11.2. The Labute approximate surface area is 196 Å². The molecule has 34 heavy (non-hydrogen) atoms. The fourth-order valence-electron chi connectivity index (χ4n) is 3.86. The Kier molecular flexibility index (Phi) is 8.78. The molecule has 3 rings (SSSR count). The van der Waals surface area contributed by atoms with Crippen LogP contribution in [0.15, 0.2) is 30.3 Å². The number of rotatable bonds is 10. The molecule has 1 aliphatic heterocycles. The van der Waals surface area contributed by atoms with E-state index in [1.54, 1.807) is 19.1 Å². The number of methoxy groups -OCH3 is 1. The van der Waals surface area contributed by atoms with Gasteiger partial charge in [-0.2, -0.15) is 9.97 Å².